The molecule has 0 N–H and O–H groups in total. The molecule has 2 aromatic heterocycles. The summed E-state index contributed by atoms with van der Waals surface area (Å²) in [6.45, 7) is 0. The van der Waals surface area contributed by atoms with Crippen molar-refractivity contribution in [1.82, 2.24) is 4.98 Å². The molecular weight excluding hydrogens is 452 g/mol. The molecule has 4 heteroatoms. The minimum Gasteiger partial charge on any atom is -0.455 e. The summed E-state index contributed by atoms with van der Waals surface area (Å²) in [5.41, 5.74) is 6.17. The predicted octanol–water partition coefficient (Wildman–Crippen LogP) is 8.96. The topological polar surface area (TPSA) is 26.0 Å². The Hall–Kier alpha value is -3.53. The first-order valence-electron chi connectivity index (χ1n) is 13.0. The highest BCUT2D eigenvalue weighted by molar-refractivity contribution is 6.10. The Morgan fingerprint density at radius 1 is 0.806 bits per heavy atom. The standard InChI is InChI=1S/C32H27F2NO/c33-28-11-9-22(17-29(28)34)23-8-10-25-26-2-1-3-27(32(26)36-31(25)18-23)30-16-20(12-13-35-30)15-24-14-19-4-6-21(24)7-5-19/h1-3,8-13,16-19,21,24H,4-7,14-15H2. The van der Waals surface area contributed by atoms with Crippen LogP contribution in [0.1, 0.15) is 37.7 Å². The van der Waals surface area contributed by atoms with Gasteiger partial charge >= 0.3 is 0 Å². The van der Waals surface area contributed by atoms with E-state index in [-0.39, 0.29) is 0 Å². The van der Waals surface area contributed by atoms with Crippen LogP contribution in [0.4, 0.5) is 8.78 Å². The monoisotopic (exact) mass is 479 g/mol. The Balaban J connectivity index is 1.26. The number of aromatic nitrogens is 1. The minimum absolute atomic E-state index is 0.613. The fourth-order valence-corrected chi connectivity index (χ4v) is 6.67. The second-order valence-corrected chi connectivity index (χ2v) is 10.7. The van der Waals surface area contributed by atoms with Gasteiger partial charge in [-0.2, -0.15) is 0 Å². The SMILES string of the molecule is Fc1ccc(-c2ccc3c(c2)oc2c(-c4cc(CC5CC6CCC5CC6)ccn4)cccc23)cc1F. The summed E-state index contributed by atoms with van der Waals surface area (Å²) in [7, 11) is 0. The first-order chi connectivity index (χ1) is 17.6. The van der Waals surface area contributed by atoms with Crippen molar-refractivity contribution in [1.29, 1.82) is 0 Å². The van der Waals surface area contributed by atoms with Crippen LogP contribution < -0.4 is 0 Å². The number of hydrogen-bond acceptors (Lipinski definition) is 2. The molecule has 3 fully saturated rings. The van der Waals surface area contributed by atoms with Gasteiger partial charge in [-0.15, -0.1) is 0 Å². The zero-order valence-corrected chi connectivity index (χ0v) is 20.0. The van der Waals surface area contributed by atoms with Gasteiger partial charge in [0.15, 0.2) is 11.6 Å². The first kappa shape index (κ1) is 21.7. The zero-order valence-electron chi connectivity index (χ0n) is 20.0. The average molecular weight is 480 g/mol. The Labute approximate surface area is 209 Å². The van der Waals surface area contributed by atoms with E-state index >= 15 is 0 Å². The minimum atomic E-state index is -0.855. The number of hydrogen-bond donors (Lipinski definition) is 0. The molecule has 0 amide bonds. The highest BCUT2D eigenvalue weighted by atomic mass is 19.2. The molecule has 180 valence electrons. The first-order valence-corrected chi connectivity index (χ1v) is 13.0. The van der Waals surface area contributed by atoms with E-state index in [1.807, 2.05) is 30.5 Å². The van der Waals surface area contributed by atoms with Gasteiger partial charge in [-0.3, -0.25) is 4.98 Å². The molecular formula is C32H27F2NO. The van der Waals surface area contributed by atoms with Crippen molar-refractivity contribution in [3.63, 3.8) is 0 Å². The third-order valence-corrected chi connectivity index (χ3v) is 8.54. The molecule has 2 bridgehead atoms. The summed E-state index contributed by atoms with van der Waals surface area (Å²) in [6.07, 6.45) is 10.1. The highest BCUT2D eigenvalue weighted by Crippen LogP contribution is 2.46. The number of nitrogens with zero attached hydrogens (tertiary/aromatic N) is 1. The fraction of sp³-hybridized carbons (Fsp3) is 0.281. The molecule has 0 saturated heterocycles. The summed E-state index contributed by atoms with van der Waals surface area (Å²) in [6, 6.07) is 20.3. The number of halogens is 2. The third-order valence-electron chi connectivity index (χ3n) is 8.54. The maximum Gasteiger partial charge on any atom is 0.159 e. The van der Waals surface area contributed by atoms with Crippen LogP contribution >= 0.6 is 0 Å². The lowest BCUT2D eigenvalue weighted by atomic mass is 9.63. The van der Waals surface area contributed by atoms with Crippen molar-refractivity contribution in [3.05, 3.63) is 90.1 Å². The van der Waals surface area contributed by atoms with Crippen molar-refractivity contribution in [3.8, 4) is 22.4 Å². The van der Waals surface area contributed by atoms with Gasteiger partial charge in [0, 0.05) is 22.5 Å². The molecule has 0 spiro atoms. The zero-order chi connectivity index (χ0) is 24.2. The highest BCUT2D eigenvalue weighted by Gasteiger charge is 2.35. The molecule has 1 unspecified atom stereocenters. The van der Waals surface area contributed by atoms with E-state index in [9.17, 15) is 8.78 Å². The summed E-state index contributed by atoms with van der Waals surface area (Å²) in [5.74, 6) is 0.908. The molecule has 3 aliphatic rings. The van der Waals surface area contributed by atoms with Crippen LogP contribution in [-0.4, -0.2) is 4.98 Å². The molecule has 2 nitrogen and oxygen atoms in total. The molecule has 2 heterocycles. The van der Waals surface area contributed by atoms with E-state index < -0.39 is 11.6 Å². The Kier molecular flexibility index (Phi) is 5.16. The van der Waals surface area contributed by atoms with E-state index in [0.29, 0.717) is 11.1 Å². The number of rotatable bonds is 4. The lowest BCUT2D eigenvalue weighted by Crippen LogP contribution is -2.32. The quantitative estimate of drug-likeness (QED) is 0.257. The second kappa shape index (κ2) is 8.55. The lowest BCUT2D eigenvalue weighted by molar-refractivity contribution is 0.0991. The Morgan fingerprint density at radius 3 is 2.44 bits per heavy atom. The molecule has 3 aromatic carbocycles. The summed E-state index contributed by atoms with van der Waals surface area (Å²) in [5, 5.41) is 2.02. The maximum absolute atomic E-state index is 13.8. The van der Waals surface area contributed by atoms with Gasteiger partial charge in [-0.25, -0.2) is 8.78 Å². The Bertz CT molecular complexity index is 1600. The fourth-order valence-electron chi connectivity index (χ4n) is 6.67. The molecule has 36 heavy (non-hydrogen) atoms. The van der Waals surface area contributed by atoms with Crippen molar-refractivity contribution < 1.29 is 13.2 Å². The number of fused-ring (bicyclic) bond motifs is 6. The molecule has 5 aromatic rings. The van der Waals surface area contributed by atoms with Gasteiger partial charge in [-0.1, -0.05) is 37.1 Å². The van der Waals surface area contributed by atoms with E-state index in [2.05, 4.69) is 24.3 Å². The van der Waals surface area contributed by atoms with E-state index in [1.54, 1.807) is 6.07 Å². The van der Waals surface area contributed by atoms with Crippen LogP contribution in [0.5, 0.6) is 0 Å². The molecule has 1 atom stereocenters. The van der Waals surface area contributed by atoms with Crippen molar-refractivity contribution in [2.45, 2.75) is 38.5 Å². The van der Waals surface area contributed by atoms with Gasteiger partial charge in [0.1, 0.15) is 11.2 Å². The van der Waals surface area contributed by atoms with Crippen LogP contribution in [0.15, 0.2) is 77.3 Å². The van der Waals surface area contributed by atoms with E-state index in [0.717, 1.165) is 63.4 Å². The van der Waals surface area contributed by atoms with Gasteiger partial charge < -0.3 is 4.42 Å². The van der Waals surface area contributed by atoms with E-state index in [1.165, 1.54) is 43.7 Å². The van der Waals surface area contributed by atoms with Crippen LogP contribution in [0.2, 0.25) is 0 Å². The molecule has 0 radical (unpaired) electrons. The Morgan fingerprint density at radius 2 is 1.64 bits per heavy atom. The second-order valence-electron chi connectivity index (χ2n) is 10.7. The molecule has 8 rings (SSSR count). The van der Waals surface area contributed by atoms with Gasteiger partial charge in [0.25, 0.3) is 0 Å². The smallest absolute Gasteiger partial charge is 0.159 e. The predicted molar refractivity (Wildman–Crippen MR) is 140 cm³/mol. The van der Waals surface area contributed by atoms with Crippen molar-refractivity contribution in [2.24, 2.45) is 17.8 Å². The average Bonchev–Trinajstić information content (AvgIpc) is 3.29. The maximum atomic E-state index is 13.8. The van der Waals surface area contributed by atoms with E-state index in [4.69, 9.17) is 9.40 Å². The molecule has 0 aliphatic heterocycles. The van der Waals surface area contributed by atoms with Crippen LogP contribution in [-0.2, 0) is 6.42 Å². The molecule has 3 saturated carbocycles. The van der Waals surface area contributed by atoms with Gasteiger partial charge in [0.05, 0.1) is 5.69 Å². The van der Waals surface area contributed by atoms with Gasteiger partial charge in [-0.05, 0) is 103 Å². The van der Waals surface area contributed by atoms with Crippen molar-refractivity contribution >= 4 is 21.9 Å². The lowest BCUT2D eigenvalue weighted by Gasteiger charge is -2.42. The summed E-state index contributed by atoms with van der Waals surface area (Å²) >= 11 is 0. The largest absolute Gasteiger partial charge is 0.455 e. The molecule has 3 aliphatic carbocycles. The van der Waals surface area contributed by atoms with Crippen LogP contribution in [0.3, 0.4) is 0 Å². The number of pyridine rings is 1. The number of para-hydroxylation sites is 1. The normalized spacial score (nSPS) is 21.4. The van der Waals surface area contributed by atoms with Gasteiger partial charge in [0.2, 0.25) is 0 Å². The number of furan rings is 1. The van der Waals surface area contributed by atoms with Crippen LogP contribution in [0.25, 0.3) is 44.3 Å². The summed E-state index contributed by atoms with van der Waals surface area (Å²) < 4.78 is 33.6. The van der Waals surface area contributed by atoms with Crippen LogP contribution in [0, 0.1) is 29.4 Å². The summed E-state index contributed by atoms with van der Waals surface area (Å²) in [4.78, 5) is 4.72. The third kappa shape index (κ3) is 3.71. The number of benzene rings is 3. The van der Waals surface area contributed by atoms with Crippen molar-refractivity contribution in [2.75, 3.05) is 0 Å².